The first-order valence-corrected chi connectivity index (χ1v) is 8.51. The normalized spacial score (nSPS) is 21.3. The van der Waals surface area contributed by atoms with Crippen molar-refractivity contribution in [3.8, 4) is 0 Å². The second kappa shape index (κ2) is 7.68. The van der Waals surface area contributed by atoms with Crippen molar-refractivity contribution in [1.82, 2.24) is 10.6 Å². The number of rotatable bonds is 4. The first-order chi connectivity index (χ1) is 12.1. The van der Waals surface area contributed by atoms with Crippen LogP contribution in [0.4, 0.5) is 0 Å². The highest BCUT2D eigenvalue weighted by atomic mass is 35.5. The number of nitrogens with one attached hydrogen (secondary N) is 2. The van der Waals surface area contributed by atoms with Crippen LogP contribution in [0, 0.1) is 0 Å². The molecule has 1 heterocycles. The Hall–Kier alpha value is -2.37. The molecule has 6 heteroatoms. The molecule has 1 aliphatic heterocycles. The second-order valence-corrected chi connectivity index (χ2v) is 6.44. The Morgan fingerprint density at radius 2 is 1.84 bits per heavy atom. The maximum atomic E-state index is 12.5. The molecule has 3 rings (SSSR count). The van der Waals surface area contributed by atoms with Crippen LogP contribution in [0.5, 0.6) is 0 Å². The number of piperidine rings is 1. The smallest absolute Gasteiger partial charge is 0.253 e. The molecule has 0 bridgehead atoms. The number of aliphatic hydroxyl groups is 1. The molecule has 1 fully saturated rings. The van der Waals surface area contributed by atoms with Crippen LogP contribution < -0.4 is 10.6 Å². The van der Waals surface area contributed by atoms with Gasteiger partial charge in [-0.1, -0.05) is 60.1 Å². The lowest BCUT2D eigenvalue weighted by atomic mass is 9.91. The Morgan fingerprint density at radius 3 is 2.56 bits per heavy atom. The number of hydrogen-bond donors (Lipinski definition) is 3. The van der Waals surface area contributed by atoms with Gasteiger partial charge in [0.05, 0.1) is 12.1 Å². The minimum atomic E-state index is -1.36. The molecule has 2 amide bonds. The predicted octanol–water partition coefficient (Wildman–Crippen LogP) is 2.51. The maximum Gasteiger partial charge on any atom is 0.253 e. The van der Waals surface area contributed by atoms with Crippen molar-refractivity contribution in [2.24, 2.45) is 0 Å². The van der Waals surface area contributed by atoms with Crippen LogP contribution in [-0.4, -0.2) is 23.0 Å². The van der Waals surface area contributed by atoms with E-state index in [0.29, 0.717) is 23.4 Å². The Labute approximate surface area is 151 Å². The van der Waals surface area contributed by atoms with E-state index in [1.54, 1.807) is 24.3 Å². The molecular weight excluding hydrogens is 340 g/mol. The Morgan fingerprint density at radius 1 is 1.16 bits per heavy atom. The van der Waals surface area contributed by atoms with Crippen molar-refractivity contribution in [2.45, 2.75) is 31.0 Å². The summed E-state index contributed by atoms with van der Waals surface area (Å²) in [5.41, 5.74) is 1.27. The van der Waals surface area contributed by atoms with Gasteiger partial charge in [0.1, 0.15) is 0 Å². The summed E-state index contributed by atoms with van der Waals surface area (Å²) < 4.78 is 0. The molecule has 3 atom stereocenters. The molecule has 3 N–H and O–H groups in total. The topological polar surface area (TPSA) is 78.4 Å². The minimum Gasteiger partial charge on any atom is -0.378 e. The monoisotopic (exact) mass is 358 g/mol. The Kier molecular flexibility index (Phi) is 5.36. The summed E-state index contributed by atoms with van der Waals surface area (Å²) in [7, 11) is 0. The first kappa shape index (κ1) is 17.5. The first-order valence-electron chi connectivity index (χ1n) is 8.13. The molecule has 1 aliphatic rings. The number of benzene rings is 2. The fraction of sp³-hybridized carbons (Fsp3) is 0.263. The lowest BCUT2D eigenvalue weighted by Crippen LogP contribution is -2.51. The molecule has 0 saturated carbocycles. The third kappa shape index (κ3) is 4.00. The molecule has 2 aromatic rings. The lowest BCUT2D eigenvalue weighted by Gasteiger charge is -2.33. The SMILES string of the molecule is O=C1CC[C@@H](NC(=O)[C@H](O)c2ccccc2Cl)[C@H](c2ccccc2)N1. The van der Waals surface area contributed by atoms with Gasteiger partial charge < -0.3 is 15.7 Å². The summed E-state index contributed by atoms with van der Waals surface area (Å²) in [5.74, 6) is -0.582. The molecule has 5 nitrogen and oxygen atoms in total. The van der Waals surface area contributed by atoms with Crippen LogP contribution >= 0.6 is 11.6 Å². The maximum absolute atomic E-state index is 12.5. The zero-order valence-corrected chi connectivity index (χ0v) is 14.2. The van der Waals surface area contributed by atoms with Gasteiger partial charge in [-0.2, -0.15) is 0 Å². The second-order valence-electron chi connectivity index (χ2n) is 6.03. The zero-order valence-electron chi connectivity index (χ0n) is 13.5. The molecule has 0 unspecified atom stereocenters. The van der Waals surface area contributed by atoms with Crippen LogP contribution in [0.15, 0.2) is 54.6 Å². The fourth-order valence-electron chi connectivity index (χ4n) is 3.03. The van der Waals surface area contributed by atoms with Crippen LogP contribution in [0.25, 0.3) is 0 Å². The van der Waals surface area contributed by atoms with E-state index in [-0.39, 0.29) is 18.0 Å². The van der Waals surface area contributed by atoms with Crippen molar-refractivity contribution in [3.05, 3.63) is 70.7 Å². The van der Waals surface area contributed by atoms with E-state index >= 15 is 0 Å². The van der Waals surface area contributed by atoms with E-state index in [1.807, 2.05) is 30.3 Å². The van der Waals surface area contributed by atoms with Gasteiger partial charge in [-0.3, -0.25) is 9.59 Å². The molecule has 0 spiro atoms. The van der Waals surface area contributed by atoms with Crippen molar-refractivity contribution in [2.75, 3.05) is 0 Å². The molecular formula is C19H19ClN2O3. The van der Waals surface area contributed by atoms with E-state index in [4.69, 9.17) is 11.6 Å². The lowest BCUT2D eigenvalue weighted by molar-refractivity contribution is -0.132. The summed E-state index contributed by atoms with van der Waals surface area (Å²) in [6, 6.07) is 15.5. The van der Waals surface area contributed by atoms with Gasteiger partial charge in [0.15, 0.2) is 6.10 Å². The summed E-state index contributed by atoms with van der Waals surface area (Å²) in [5, 5.41) is 16.4. The largest absolute Gasteiger partial charge is 0.378 e. The number of aliphatic hydroxyl groups excluding tert-OH is 1. The van der Waals surface area contributed by atoms with Crippen molar-refractivity contribution >= 4 is 23.4 Å². The van der Waals surface area contributed by atoms with Crippen LogP contribution in [0.2, 0.25) is 5.02 Å². The Bertz CT molecular complexity index is 766. The summed E-state index contributed by atoms with van der Waals surface area (Å²) >= 11 is 6.05. The summed E-state index contributed by atoms with van der Waals surface area (Å²) in [6.45, 7) is 0. The quantitative estimate of drug-likeness (QED) is 0.785. The van der Waals surface area contributed by atoms with E-state index < -0.39 is 12.0 Å². The van der Waals surface area contributed by atoms with Crippen molar-refractivity contribution < 1.29 is 14.7 Å². The zero-order chi connectivity index (χ0) is 17.8. The van der Waals surface area contributed by atoms with Gasteiger partial charge in [0, 0.05) is 17.0 Å². The summed E-state index contributed by atoms with van der Waals surface area (Å²) in [4.78, 5) is 24.3. The minimum absolute atomic E-state index is 0.0500. The molecule has 1 saturated heterocycles. The molecule has 0 aromatic heterocycles. The standard InChI is InChI=1S/C19H19ClN2O3/c20-14-9-5-4-8-13(14)18(24)19(25)21-15-10-11-16(23)22-17(15)12-6-2-1-3-7-12/h1-9,15,17-18,24H,10-11H2,(H,21,25)(H,22,23)/t15-,17+,18-/m1/s1. The number of amides is 2. The highest BCUT2D eigenvalue weighted by molar-refractivity contribution is 6.31. The number of carbonyl (C=O) groups is 2. The average Bonchev–Trinajstić information content (AvgIpc) is 2.63. The number of carbonyl (C=O) groups excluding carboxylic acids is 2. The Balaban J connectivity index is 1.76. The molecule has 0 aliphatic carbocycles. The van der Waals surface area contributed by atoms with E-state index in [9.17, 15) is 14.7 Å². The van der Waals surface area contributed by atoms with Gasteiger partial charge in [-0.15, -0.1) is 0 Å². The van der Waals surface area contributed by atoms with E-state index in [0.717, 1.165) is 5.56 Å². The van der Waals surface area contributed by atoms with Crippen molar-refractivity contribution in [3.63, 3.8) is 0 Å². The van der Waals surface area contributed by atoms with Crippen molar-refractivity contribution in [1.29, 1.82) is 0 Å². The van der Waals surface area contributed by atoms with Gasteiger partial charge in [0.25, 0.3) is 5.91 Å². The van der Waals surface area contributed by atoms with E-state index in [2.05, 4.69) is 10.6 Å². The highest BCUT2D eigenvalue weighted by Gasteiger charge is 2.32. The fourth-order valence-corrected chi connectivity index (χ4v) is 3.27. The van der Waals surface area contributed by atoms with Gasteiger partial charge in [-0.05, 0) is 18.1 Å². The number of hydrogen-bond acceptors (Lipinski definition) is 3. The molecule has 2 aromatic carbocycles. The van der Waals surface area contributed by atoms with Gasteiger partial charge in [-0.25, -0.2) is 0 Å². The van der Waals surface area contributed by atoms with Crippen LogP contribution in [-0.2, 0) is 9.59 Å². The average molecular weight is 359 g/mol. The highest BCUT2D eigenvalue weighted by Crippen LogP contribution is 2.26. The molecule has 0 radical (unpaired) electrons. The van der Waals surface area contributed by atoms with Crippen LogP contribution in [0.3, 0.4) is 0 Å². The molecule has 130 valence electrons. The summed E-state index contributed by atoms with van der Waals surface area (Å²) in [6.07, 6.45) is -0.522. The predicted molar refractivity (Wildman–Crippen MR) is 94.9 cm³/mol. The van der Waals surface area contributed by atoms with Gasteiger partial charge in [0.2, 0.25) is 5.91 Å². The third-order valence-electron chi connectivity index (χ3n) is 4.34. The van der Waals surface area contributed by atoms with Gasteiger partial charge >= 0.3 is 0 Å². The van der Waals surface area contributed by atoms with Crippen LogP contribution in [0.1, 0.15) is 36.1 Å². The third-order valence-corrected chi connectivity index (χ3v) is 4.68. The van der Waals surface area contributed by atoms with E-state index in [1.165, 1.54) is 0 Å². The number of halogens is 1. The molecule has 25 heavy (non-hydrogen) atoms.